The molecule has 4 aromatic rings. The first-order valence-corrected chi connectivity index (χ1v) is 11.6. The van der Waals surface area contributed by atoms with E-state index in [1.165, 1.54) is 18.4 Å². The summed E-state index contributed by atoms with van der Waals surface area (Å²) in [6.45, 7) is -0.0714. The number of thiophene rings is 1. The molecule has 0 saturated carbocycles. The van der Waals surface area contributed by atoms with E-state index in [0.29, 0.717) is 21.9 Å². The fraction of sp³-hybridized carbons (Fsp3) is 0.115. The molecular formula is C26H24N4O4S. The minimum Gasteiger partial charge on any atom is -0.481 e. The highest BCUT2D eigenvalue weighted by molar-refractivity contribution is 7.20. The molecule has 1 heterocycles. The topological polar surface area (TPSA) is 127 Å². The first-order chi connectivity index (χ1) is 17.0. The molecule has 0 aliphatic carbocycles. The number of benzene rings is 3. The van der Waals surface area contributed by atoms with Gasteiger partial charge in [0.2, 0.25) is 0 Å². The predicted molar refractivity (Wildman–Crippen MR) is 137 cm³/mol. The van der Waals surface area contributed by atoms with Crippen molar-refractivity contribution in [1.29, 1.82) is 5.41 Å². The second kappa shape index (κ2) is 10.7. The maximum Gasteiger partial charge on any atom is 0.411 e. The summed E-state index contributed by atoms with van der Waals surface area (Å²) in [6, 6.07) is 23.5. The van der Waals surface area contributed by atoms with Crippen molar-refractivity contribution in [2.24, 2.45) is 5.73 Å². The van der Waals surface area contributed by atoms with Crippen LogP contribution in [0.15, 0.2) is 78.9 Å². The summed E-state index contributed by atoms with van der Waals surface area (Å²) < 4.78 is 12.7. The zero-order valence-electron chi connectivity index (χ0n) is 18.9. The molecule has 0 fully saturated rings. The fourth-order valence-corrected chi connectivity index (χ4v) is 4.45. The molecule has 1 aromatic heterocycles. The zero-order chi connectivity index (χ0) is 24.8. The number of nitrogens with two attached hydrogens (primary N) is 1. The van der Waals surface area contributed by atoms with E-state index in [1.807, 2.05) is 54.6 Å². The van der Waals surface area contributed by atoms with E-state index in [-0.39, 0.29) is 18.3 Å². The molecule has 1 unspecified atom stereocenters. The number of hydrogen-bond acceptors (Lipinski definition) is 6. The Morgan fingerprint density at radius 2 is 1.77 bits per heavy atom. The van der Waals surface area contributed by atoms with Gasteiger partial charge in [0.1, 0.15) is 18.2 Å². The Kier molecular flexibility index (Phi) is 7.27. The molecule has 4 rings (SSSR count). The third-order valence-corrected chi connectivity index (χ3v) is 6.36. The third kappa shape index (κ3) is 5.59. The Bertz CT molecular complexity index is 1370. The van der Waals surface area contributed by atoms with Crippen LogP contribution in [0.4, 0.5) is 10.5 Å². The molecule has 0 aliphatic heterocycles. The molecule has 5 N–H and O–H groups in total. The van der Waals surface area contributed by atoms with Crippen LogP contribution in [0.25, 0.3) is 10.1 Å². The number of fused-ring (bicyclic) bond motifs is 1. The Hall–Kier alpha value is -4.37. The Morgan fingerprint density at radius 3 is 2.51 bits per heavy atom. The van der Waals surface area contributed by atoms with Crippen LogP contribution in [0.5, 0.6) is 5.75 Å². The number of nitrogen functional groups attached to an aromatic ring is 1. The van der Waals surface area contributed by atoms with Gasteiger partial charge in [0, 0.05) is 17.1 Å². The van der Waals surface area contributed by atoms with Gasteiger partial charge in [0.25, 0.3) is 5.91 Å². The van der Waals surface area contributed by atoms with Gasteiger partial charge in [-0.2, -0.15) is 0 Å². The number of amides is 2. The lowest BCUT2D eigenvalue weighted by molar-refractivity contribution is 0.0909. The molecule has 35 heavy (non-hydrogen) atoms. The molecule has 9 heteroatoms. The molecule has 1 atom stereocenters. The summed E-state index contributed by atoms with van der Waals surface area (Å²) in [4.78, 5) is 25.3. The van der Waals surface area contributed by atoms with E-state index in [2.05, 4.69) is 10.6 Å². The van der Waals surface area contributed by atoms with Gasteiger partial charge in [-0.3, -0.25) is 15.5 Å². The monoisotopic (exact) mass is 488 g/mol. The third-order valence-electron chi connectivity index (χ3n) is 5.23. The second-order valence-corrected chi connectivity index (χ2v) is 8.64. The van der Waals surface area contributed by atoms with Crippen LogP contribution in [0.2, 0.25) is 0 Å². The number of anilines is 1. The SMILES string of the molecule is CNC(=O)c1ccccc1NC(=O)OCC(Oc1cccc2sc(C(=N)N)cc12)c1ccccc1. The van der Waals surface area contributed by atoms with Gasteiger partial charge in [-0.15, -0.1) is 11.3 Å². The number of hydrogen-bond donors (Lipinski definition) is 4. The van der Waals surface area contributed by atoms with Crippen LogP contribution in [0.1, 0.15) is 26.9 Å². The molecule has 0 aliphatic rings. The van der Waals surface area contributed by atoms with E-state index in [0.717, 1.165) is 15.6 Å². The van der Waals surface area contributed by atoms with Crippen molar-refractivity contribution < 1.29 is 19.1 Å². The van der Waals surface area contributed by atoms with Crippen molar-refractivity contribution in [1.82, 2.24) is 5.32 Å². The normalized spacial score (nSPS) is 11.5. The highest BCUT2D eigenvalue weighted by atomic mass is 32.1. The summed E-state index contributed by atoms with van der Waals surface area (Å²) in [5.74, 6) is 0.267. The fourth-order valence-electron chi connectivity index (χ4n) is 3.51. The van der Waals surface area contributed by atoms with Gasteiger partial charge in [0.15, 0.2) is 6.10 Å². The van der Waals surface area contributed by atoms with E-state index in [4.69, 9.17) is 20.6 Å². The number of para-hydroxylation sites is 1. The highest BCUT2D eigenvalue weighted by Crippen LogP contribution is 2.35. The number of ether oxygens (including phenoxy) is 2. The number of carbonyl (C=O) groups is 2. The van der Waals surface area contributed by atoms with Crippen molar-refractivity contribution >= 4 is 44.9 Å². The molecule has 0 bridgehead atoms. The first kappa shape index (κ1) is 23.8. The van der Waals surface area contributed by atoms with Gasteiger partial charge >= 0.3 is 6.09 Å². The Morgan fingerprint density at radius 1 is 1.03 bits per heavy atom. The number of amidine groups is 1. The van der Waals surface area contributed by atoms with Crippen LogP contribution < -0.4 is 21.1 Å². The van der Waals surface area contributed by atoms with E-state index in [1.54, 1.807) is 24.3 Å². The maximum absolute atomic E-state index is 12.6. The summed E-state index contributed by atoms with van der Waals surface area (Å²) in [5.41, 5.74) is 7.16. The van der Waals surface area contributed by atoms with Crippen molar-refractivity contribution in [2.45, 2.75) is 6.10 Å². The van der Waals surface area contributed by atoms with Crippen molar-refractivity contribution in [3.63, 3.8) is 0 Å². The highest BCUT2D eigenvalue weighted by Gasteiger charge is 2.20. The smallest absolute Gasteiger partial charge is 0.411 e. The minimum atomic E-state index is -0.710. The molecule has 8 nitrogen and oxygen atoms in total. The lowest BCUT2D eigenvalue weighted by atomic mass is 10.1. The van der Waals surface area contributed by atoms with Gasteiger partial charge in [-0.1, -0.05) is 48.5 Å². The summed E-state index contributed by atoms with van der Waals surface area (Å²) in [7, 11) is 1.52. The summed E-state index contributed by atoms with van der Waals surface area (Å²) >= 11 is 1.41. The lowest BCUT2D eigenvalue weighted by Crippen LogP contribution is -2.24. The van der Waals surface area contributed by atoms with E-state index >= 15 is 0 Å². The van der Waals surface area contributed by atoms with E-state index in [9.17, 15) is 9.59 Å². The molecule has 0 radical (unpaired) electrons. The molecule has 3 aromatic carbocycles. The number of rotatable bonds is 8. The average molecular weight is 489 g/mol. The number of nitrogens with one attached hydrogen (secondary N) is 3. The summed E-state index contributed by atoms with van der Waals surface area (Å²) in [6.07, 6.45) is -1.30. The van der Waals surface area contributed by atoms with Crippen molar-refractivity contribution in [2.75, 3.05) is 19.0 Å². The molecule has 0 saturated heterocycles. The van der Waals surface area contributed by atoms with Gasteiger partial charge in [-0.25, -0.2) is 4.79 Å². The van der Waals surface area contributed by atoms with Crippen molar-refractivity contribution in [3.05, 3.63) is 94.9 Å². The largest absolute Gasteiger partial charge is 0.481 e. The quantitative estimate of drug-likeness (QED) is 0.207. The van der Waals surface area contributed by atoms with Crippen LogP contribution in [-0.4, -0.2) is 31.5 Å². The average Bonchev–Trinajstić information content (AvgIpc) is 3.33. The van der Waals surface area contributed by atoms with Gasteiger partial charge in [0.05, 0.1) is 16.1 Å². The Labute approximate surface area is 206 Å². The number of carbonyl (C=O) groups excluding carboxylic acids is 2. The standard InChI is InChI=1S/C26H24N4O4S/c1-29-25(31)17-10-5-6-11-19(17)30-26(32)33-15-21(16-8-3-2-4-9-16)34-20-12-7-13-22-18(20)14-23(35-22)24(27)28/h2-14,21H,15H2,1H3,(H3,27,28)(H,29,31)(H,30,32). The van der Waals surface area contributed by atoms with Gasteiger partial charge < -0.3 is 20.5 Å². The first-order valence-electron chi connectivity index (χ1n) is 10.8. The molecule has 2 amide bonds. The van der Waals surface area contributed by atoms with Crippen LogP contribution in [0, 0.1) is 5.41 Å². The summed E-state index contributed by atoms with van der Waals surface area (Å²) in [5, 5.41) is 13.7. The van der Waals surface area contributed by atoms with Crippen LogP contribution >= 0.6 is 11.3 Å². The lowest BCUT2D eigenvalue weighted by Gasteiger charge is -2.20. The maximum atomic E-state index is 12.6. The zero-order valence-corrected chi connectivity index (χ0v) is 19.7. The van der Waals surface area contributed by atoms with Gasteiger partial charge in [-0.05, 0) is 35.9 Å². The molecular weight excluding hydrogens is 464 g/mol. The van der Waals surface area contributed by atoms with Crippen molar-refractivity contribution in [3.8, 4) is 5.75 Å². The Balaban J connectivity index is 1.53. The van der Waals surface area contributed by atoms with E-state index < -0.39 is 12.2 Å². The van der Waals surface area contributed by atoms with Crippen LogP contribution in [-0.2, 0) is 4.74 Å². The predicted octanol–water partition coefficient (Wildman–Crippen LogP) is 4.91. The second-order valence-electron chi connectivity index (χ2n) is 7.56. The molecule has 0 spiro atoms. The molecule has 178 valence electrons. The minimum absolute atomic E-state index is 0.00574. The van der Waals surface area contributed by atoms with Crippen LogP contribution in [0.3, 0.4) is 0 Å².